The smallest absolute Gasteiger partial charge is 0.325 e. The lowest BCUT2D eigenvalue weighted by atomic mass is 10.2. The molecule has 1 unspecified atom stereocenters. The van der Waals surface area contributed by atoms with Crippen molar-refractivity contribution in [2.75, 3.05) is 18.4 Å². The molecule has 9 heteroatoms. The van der Waals surface area contributed by atoms with Gasteiger partial charge in [0, 0.05) is 17.8 Å². The van der Waals surface area contributed by atoms with Crippen LogP contribution in [-0.2, 0) is 16.3 Å². The van der Waals surface area contributed by atoms with Crippen molar-refractivity contribution in [3.05, 3.63) is 59.4 Å². The van der Waals surface area contributed by atoms with Gasteiger partial charge in [0.15, 0.2) is 5.37 Å². The van der Waals surface area contributed by atoms with Crippen molar-refractivity contribution in [3.8, 4) is 0 Å². The molecule has 3 amide bonds. The van der Waals surface area contributed by atoms with Crippen LogP contribution in [0.2, 0.25) is 0 Å². The molecule has 2 aliphatic rings. The van der Waals surface area contributed by atoms with Gasteiger partial charge >= 0.3 is 6.03 Å². The second-order valence-corrected chi connectivity index (χ2v) is 8.54. The maximum absolute atomic E-state index is 13.3. The third-order valence-corrected chi connectivity index (χ3v) is 6.61. The summed E-state index contributed by atoms with van der Waals surface area (Å²) in [6.07, 6.45) is 0.722. The molecule has 0 bridgehead atoms. The maximum Gasteiger partial charge on any atom is 0.325 e. The van der Waals surface area contributed by atoms with Crippen LogP contribution in [0.1, 0.15) is 15.9 Å². The van der Waals surface area contributed by atoms with E-state index in [0.717, 1.165) is 35.2 Å². The summed E-state index contributed by atoms with van der Waals surface area (Å²) >= 11 is 0. The van der Waals surface area contributed by atoms with E-state index >= 15 is 0 Å². The Kier molecular flexibility index (Phi) is 4.11. The molecule has 1 fully saturated rings. The van der Waals surface area contributed by atoms with E-state index in [9.17, 15) is 22.4 Å². The molecule has 7 nitrogen and oxygen atoms in total. The van der Waals surface area contributed by atoms with Crippen LogP contribution in [0.4, 0.5) is 14.9 Å². The third-order valence-electron chi connectivity index (χ3n) is 4.68. The molecule has 0 radical (unpaired) electrons. The summed E-state index contributed by atoms with van der Waals surface area (Å²) in [5, 5.41) is 4.24. The molecule has 0 aromatic heterocycles. The van der Waals surface area contributed by atoms with Crippen LogP contribution in [0.3, 0.4) is 0 Å². The van der Waals surface area contributed by atoms with E-state index in [4.69, 9.17) is 0 Å². The van der Waals surface area contributed by atoms with Crippen LogP contribution in [-0.4, -0.2) is 43.7 Å². The van der Waals surface area contributed by atoms with Gasteiger partial charge in [-0.05, 0) is 48.4 Å². The highest BCUT2D eigenvalue weighted by Crippen LogP contribution is 2.28. The van der Waals surface area contributed by atoms with Crippen LogP contribution in [0.15, 0.2) is 47.4 Å². The van der Waals surface area contributed by atoms with Gasteiger partial charge in [-0.1, -0.05) is 6.07 Å². The molecule has 2 aromatic rings. The number of rotatable bonds is 3. The number of fused-ring (bicyclic) bond motifs is 1. The van der Waals surface area contributed by atoms with E-state index in [2.05, 4.69) is 10.6 Å². The number of anilines is 1. The fraction of sp³-hybridized carbons (Fsp3) is 0.222. The average Bonchev–Trinajstić information content (AvgIpc) is 3.27. The van der Waals surface area contributed by atoms with E-state index < -0.39 is 33.0 Å². The monoisotopic (exact) mass is 389 g/mol. The van der Waals surface area contributed by atoms with Gasteiger partial charge in [-0.2, -0.15) is 0 Å². The topological polar surface area (TPSA) is 95.6 Å². The molecule has 2 aliphatic heterocycles. The number of halogens is 1. The quantitative estimate of drug-likeness (QED) is 0.834. The minimum Gasteiger partial charge on any atom is -0.384 e. The Morgan fingerprint density at radius 2 is 2.00 bits per heavy atom. The number of carbonyl (C=O) groups excluding carboxylic acids is 2. The van der Waals surface area contributed by atoms with E-state index in [0.29, 0.717) is 0 Å². The first-order valence-electron chi connectivity index (χ1n) is 8.35. The molecule has 2 aromatic carbocycles. The SMILES string of the molecule is O=C1NC(S(=O)(=O)c2ccc3c(c2)CCN3)CN1C(=O)c1cccc(F)c1. The molecule has 4 rings (SSSR count). The van der Waals surface area contributed by atoms with Crippen LogP contribution < -0.4 is 10.6 Å². The fourth-order valence-corrected chi connectivity index (χ4v) is 4.75. The van der Waals surface area contributed by atoms with E-state index in [1.807, 2.05) is 0 Å². The number of imide groups is 1. The number of urea groups is 1. The van der Waals surface area contributed by atoms with E-state index in [-0.39, 0.29) is 17.0 Å². The first-order valence-corrected chi connectivity index (χ1v) is 9.89. The van der Waals surface area contributed by atoms with Gasteiger partial charge in [-0.15, -0.1) is 0 Å². The Labute approximate surface area is 155 Å². The van der Waals surface area contributed by atoms with Crippen molar-refractivity contribution in [1.82, 2.24) is 10.2 Å². The third kappa shape index (κ3) is 3.03. The van der Waals surface area contributed by atoms with Crippen LogP contribution in [0.25, 0.3) is 0 Å². The van der Waals surface area contributed by atoms with Crippen molar-refractivity contribution in [1.29, 1.82) is 0 Å². The van der Waals surface area contributed by atoms with Gasteiger partial charge in [0.1, 0.15) is 5.82 Å². The van der Waals surface area contributed by atoms with Gasteiger partial charge in [0.05, 0.1) is 11.4 Å². The molecular weight excluding hydrogens is 373 g/mol. The predicted molar refractivity (Wildman–Crippen MR) is 95.6 cm³/mol. The van der Waals surface area contributed by atoms with Crippen molar-refractivity contribution in [2.24, 2.45) is 0 Å². The van der Waals surface area contributed by atoms with Gasteiger partial charge in [0.2, 0.25) is 9.84 Å². The molecule has 0 aliphatic carbocycles. The Morgan fingerprint density at radius 1 is 1.19 bits per heavy atom. The summed E-state index contributed by atoms with van der Waals surface area (Å²) in [5.41, 5.74) is 1.77. The molecule has 27 heavy (non-hydrogen) atoms. The molecule has 140 valence electrons. The number of hydrogen-bond acceptors (Lipinski definition) is 5. The first kappa shape index (κ1) is 17.5. The lowest BCUT2D eigenvalue weighted by Crippen LogP contribution is -2.34. The Bertz CT molecular complexity index is 1050. The molecule has 0 spiro atoms. The summed E-state index contributed by atoms with van der Waals surface area (Å²) in [4.78, 5) is 25.5. The largest absolute Gasteiger partial charge is 0.384 e. The fourth-order valence-electron chi connectivity index (χ4n) is 3.26. The van der Waals surface area contributed by atoms with Crippen molar-refractivity contribution >= 4 is 27.5 Å². The summed E-state index contributed by atoms with van der Waals surface area (Å²) in [5.74, 6) is -1.36. The van der Waals surface area contributed by atoms with Crippen LogP contribution >= 0.6 is 0 Å². The van der Waals surface area contributed by atoms with E-state index in [1.165, 1.54) is 24.3 Å². The molecular formula is C18H16FN3O4S. The molecule has 2 N–H and O–H groups in total. The maximum atomic E-state index is 13.3. The number of amides is 3. The highest BCUT2D eigenvalue weighted by molar-refractivity contribution is 7.92. The molecule has 1 saturated heterocycles. The van der Waals surface area contributed by atoms with Gasteiger partial charge in [-0.3, -0.25) is 9.69 Å². The number of hydrogen-bond donors (Lipinski definition) is 2. The van der Waals surface area contributed by atoms with Crippen molar-refractivity contribution in [3.63, 3.8) is 0 Å². The zero-order valence-electron chi connectivity index (χ0n) is 14.1. The van der Waals surface area contributed by atoms with Crippen molar-refractivity contribution < 1.29 is 22.4 Å². The number of nitrogens with one attached hydrogen (secondary N) is 2. The second kappa shape index (κ2) is 6.34. The number of sulfone groups is 1. The Morgan fingerprint density at radius 3 is 2.78 bits per heavy atom. The Balaban J connectivity index is 1.59. The first-order chi connectivity index (χ1) is 12.9. The number of nitrogens with zero attached hydrogens (tertiary/aromatic N) is 1. The van der Waals surface area contributed by atoms with Crippen LogP contribution in [0, 0.1) is 5.82 Å². The second-order valence-electron chi connectivity index (χ2n) is 6.40. The van der Waals surface area contributed by atoms with Crippen molar-refractivity contribution in [2.45, 2.75) is 16.7 Å². The lowest BCUT2D eigenvalue weighted by molar-refractivity contribution is 0.0827. The number of benzene rings is 2. The zero-order chi connectivity index (χ0) is 19.2. The highest BCUT2D eigenvalue weighted by atomic mass is 32.2. The normalized spacial score (nSPS) is 18.8. The Hall–Kier alpha value is -2.94. The highest BCUT2D eigenvalue weighted by Gasteiger charge is 2.41. The standard InChI is InChI=1S/C18H16FN3O4S/c19-13-3-1-2-12(8-13)17(23)22-10-16(21-18(22)24)27(25,26)14-4-5-15-11(9-14)6-7-20-15/h1-5,8-9,16,20H,6-7,10H2,(H,21,24). The van der Waals surface area contributed by atoms with E-state index in [1.54, 1.807) is 12.1 Å². The minimum absolute atomic E-state index is 0.0215. The minimum atomic E-state index is -3.88. The van der Waals surface area contributed by atoms with Gasteiger partial charge in [-0.25, -0.2) is 17.6 Å². The molecule has 2 heterocycles. The van der Waals surface area contributed by atoms with Gasteiger partial charge < -0.3 is 10.6 Å². The van der Waals surface area contributed by atoms with Crippen LogP contribution in [0.5, 0.6) is 0 Å². The zero-order valence-corrected chi connectivity index (χ0v) is 14.9. The summed E-state index contributed by atoms with van der Waals surface area (Å²) < 4.78 is 39.1. The summed E-state index contributed by atoms with van der Waals surface area (Å²) in [6, 6.07) is 8.85. The summed E-state index contributed by atoms with van der Waals surface area (Å²) in [6.45, 7) is 0.404. The van der Waals surface area contributed by atoms with Gasteiger partial charge in [0.25, 0.3) is 5.91 Å². The predicted octanol–water partition coefficient (Wildman–Crippen LogP) is 1.76. The average molecular weight is 389 g/mol. The molecule has 0 saturated carbocycles. The molecule has 1 atom stereocenters. The number of carbonyl (C=O) groups is 2. The summed E-state index contributed by atoms with van der Waals surface area (Å²) in [7, 11) is -3.88. The lowest BCUT2D eigenvalue weighted by Gasteiger charge is -2.14.